The lowest BCUT2D eigenvalue weighted by atomic mass is 10.0. The summed E-state index contributed by atoms with van der Waals surface area (Å²) in [5.74, 6) is -2.29. The molecule has 0 radical (unpaired) electrons. The molecule has 2 rings (SSSR count). The van der Waals surface area contributed by atoms with Gasteiger partial charge in [-0.15, -0.1) is 11.3 Å². The molecule has 0 saturated heterocycles. The lowest BCUT2D eigenvalue weighted by Gasteiger charge is -2.25. The molecule has 0 unspecified atom stereocenters. The Morgan fingerprint density at radius 1 is 1.15 bits per heavy atom. The van der Waals surface area contributed by atoms with E-state index in [4.69, 9.17) is 0 Å². The van der Waals surface area contributed by atoms with E-state index < -0.39 is 35.8 Å². The highest BCUT2D eigenvalue weighted by Gasteiger charge is 2.51. The van der Waals surface area contributed by atoms with Gasteiger partial charge >= 0.3 is 6.18 Å². The van der Waals surface area contributed by atoms with Crippen molar-refractivity contribution >= 4 is 23.2 Å². The predicted molar refractivity (Wildman–Crippen MR) is 88.8 cm³/mol. The van der Waals surface area contributed by atoms with Crippen LogP contribution in [0.1, 0.15) is 19.0 Å². The molecular formula is C16H15F4N3O3S. The number of thiazole rings is 1. The quantitative estimate of drug-likeness (QED) is 0.526. The Bertz CT molecular complexity index is 819. The fourth-order valence-corrected chi connectivity index (χ4v) is 2.74. The maximum atomic E-state index is 12.9. The van der Waals surface area contributed by atoms with Crippen LogP contribution in [0, 0.1) is 5.82 Å². The molecule has 0 aliphatic rings. The predicted octanol–water partition coefficient (Wildman–Crippen LogP) is 2.34. The number of amides is 2. The number of carbonyl (C=O) groups is 2. The van der Waals surface area contributed by atoms with E-state index in [1.807, 2.05) is 10.9 Å². The van der Waals surface area contributed by atoms with Crippen LogP contribution in [0.5, 0.6) is 0 Å². The van der Waals surface area contributed by atoms with Gasteiger partial charge in [-0.2, -0.15) is 13.2 Å². The largest absolute Gasteiger partial charge is 0.417 e. The van der Waals surface area contributed by atoms with E-state index in [1.165, 1.54) is 35.6 Å². The van der Waals surface area contributed by atoms with Crippen molar-refractivity contribution in [1.29, 1.82) is 0 Å². The van der Waals surface area contributed by atoms with Gasteiger partial charge in [-0.3, -0.25) is 20.4 Å². The summed E-state index contributed by atoms with van der Waals surface area (Å²) in [5, 5.41) is 11.4. The first-order valence-electron chi connectivity index (χ1n) is 7.55. The lowest BCUT2D eigenvalue weighted by Crippen LogP contribution is -2.49. The number of alkyl halides is 3. The minimum atomic E-state index is -4.98. The fraction of sp³-hybridized carbons (Fsp3) is 0.312. The molecule has 2 aromatic rings. The molecular weight excluding hydrogens is 390 g/mol. The van der Waals surface area contributed by atoms with Gasteiger partial charge in [0.1, 0.15) is 10.8 Å². The number of hydrogen-bond donors (Lipinski definition) is 3. The number of aromatic nitrogens is 1. The second kappa shape index (κ2) is 8.01. The van der Waals surface area contributed by atoms with E-state index in [-0.39, 0.29) is 6.42 Å². The minimum absolute atomic E-state index is 0.229. The molecule has 1 heterocycles. The van der Waals surface area contributed by atoms with Crippen molar-refractivity contribution in [1.82, 2.24) is 15.8 Å². The van der Waals surface area contributed by atoms with Crippen molar-refractivity contribution in [2.75, 3.05) is 0 Å². The molecule has 2 amide bonds. The SMILES string of the molecule is C[C@](O)(CC(=O)NNC(=O)Cc1csc(-c2ccc(F)cc2)n1)C(F)(F)F. The van der Waals surface area contributed by atoms with Crippen LogP contribution < -0.4 is 10.9 Å². The summed E-state index contributed by atoms with van der Waals surface area (Å²) in [6.45, 7) is 0.459. The number of nitrogens with one attached hydrogen (secondary N) is 2. The van der Waals surface area contributed by atoms with Crippen LogP contribution in [-0.2, 0) is 16.0 Å². The van der Waals surface area contributed by atoms with Crippen LogP contribution in [0.15, 0.2) is 29.6 Å². The normalized spacial score (nSPS) is 13.7. The Labute approximate surface area is 155 Å². The fourth-order valence-electron chi connectivity index (χ4n) is 1.92. The minimum Gasteiger partial charge on any atom is -0.380 e. The third-order valence-corrected chi connectivity index (χ3v) is 4.38. The van der Waals surface area contributed by atoms with Crippen LogP contribution in [0.4, 0.5) is 17.6 Å². The number of hydrogen-bond acceptors (Lipinski definition) is 5. The van der Waals surface area contributed by atoms with Gasteiger partial charge in [-0.25, -0.2) is 9.37 Å². The van der Waals surface area contributed by atoms with Gasteiger partial charge in [0.15, 0.2) is 5.60 Å². The van der Waals surface area contributed by atoms with Gasteiger partial charge in [0.05, 0.1) is 18.5 Å². The van der Waals surface area contributed by atoms with Crippen molar-refractivity contribution in [2.45, 2.75) is 31.5 Å². The number of aliphatic hydroxyl groups is 1. The van der Waals surface area contributed by atoms with Gasteiger partial charge < -0.3 is 5.11 Å². The summed E-state index contributed by atoms with van der Waals surface area (Å²) < 4.78 is 50.4. The Morgan fingerprint density at radius 2 is 1.74 bits per heavy atom. The number of nitrogens with zero attached hydrogens (tertiary/aromatic N) is 1. The van der Waals surface area contributed by atoms with E-state index in [9.17, 15) is 32.3 Å². The Morgan fingerprint density at radius 3 is 2.33 bits per heavy atom. The molecule has 146 valence electrons. The van der Waals surface area contributed by atoms with Gasteiger partial charge in [-0.05, 0) is 31.2 Å². The van der Waals surface area contributed by atoms with Crippen LogP contribution in [0.2, 0.25) is 0 Å². The summed E-state index contributed by atoms with van der Waals surface area (Å²) in [7, 11) is 0. The monoisotopic (exact) mass is 405 g/mol. The lowest BCUT2D eigenvalue weighted by molar-refractivity contribution is -0.253. The summed E-state index contributed by atoms with van der Waals surface area (Å²) in [4.78, 5) is 27.4. The van der Waals surface area contributed by atoms with Crippen molar-refractivity contribution in [3.8, 4) is 10.6 Å². The second-order valence-electron chi connectivity index (χ2n) is 5.87. The first kappa shape index (κ1) is 20.8. The van der Waals surface area contributed by atoms with Crippen molar-refractivity contribution in [2.24, 2.45) is 0 Å². The number of hydrazine groups is 1. The summed E-state index contributed by atoms with van der Waals surface area (Å²) in [6.07, 6.45) is -6.47. The zero-order chi connectivity index (χ0) is 20.2. The molecule has 0 saturated carbocycles. The maximum Gasteiger partial charge on any atom is 0.417 e. The average Bonchev–Trinajstić information content (AvgIpc) is 3.00. The van der Waals surface area contributed by atoms with Gasteiger partial charge in [0.2, 0.25) is 11.8 Å². The Kier molecular flexibility index (Phi) is 6.16. The van der Waals surface area contributed by atoms with Crippen molar-refractivity contribution < 1.29 is 32.3 Å². The highest BCUT2D eigenvalue weighted by molar-refractivity contribution is 7.13. The van der Waals surface area contributed by atoms with Crippen LogP contribution in [-0.4, -0.2) is 33.7 Å². The van der Waals surface area contributed by atoms with Gasteiger partial charge in [-0.1, -0.05) is 0 Å². The first-order valence-corrected chi connectivity index (χ1v) is 8.43. The van der Waals surface area contributed by atoms with E-state index in [0.29, 0.717) is 23.2 Å². The van der Waals surface area contributed by atoms with Gasteiger partial charge in [0, 0.05) is 10.9 Å². The summed E-state index contributed by atoms with van der Waals surface area (Å²) >= 11 is 1.23. The smallest absolute Gasteiger partial charge is 0.380 e. The third-order valence-electron chi connectivity index (χ3n) is 3.44. The topological polar surface area (TPSA) is 91.3 Å². The zero-order valence-electron chi connectivity index (χ0n) is 13.9. The van der Waals surface area contributed by atoms with Crippen LogP contribution >= 0.6 is 11.3 Å². The molecule has 1 atom stereocenters. The first-order chi connectivity index (χ1) is 12.5. The second-order valence-corrected chi connectivity index (χ2v) is 6.73. The molecule has 0 aliphatic heterocycles. The van der Waals surface area contributed by atoms with E-state index in [0.717, 1.165) is 0 Å². The van der Waals surface area contributed by atoms with Crippen molar-refractivity contribution in [3.05, 3.63) is 41.2 Å². The van der Waals surface area contributed by atoms with Gasteiger partial charge in [0.25, 0.3) is 0 Å². The molecule has 1 aromatic heterocycles. The molecule has 11 heteroatoms. The highest BCUT2D eigenvalue weighted by atomic mass is 32.1. The average molecular weight is 405 g/mol. The molecule has 0 bridgehead atoms. The maximum absolute atomic E-state index is 12.9. The van der Waals surface area contributed by atoms with Crippen LogP contribution in [0.3, 0.4) is 0 Å². The summed E-state index contributed by atoms with van der Waals surface area (Å²) in [5.41, 5.74) is 1.59. The van der Waals surface area contributed by atoms with E-state index in [2.05, 4.69) is 4.98 Å². The van der Waals surface area contributed by atoms with Crippen molar-refractivity contribution in [3.63, 3.8) is 0 Å². The number of carbonyl (C=O) groups excluding carboxylic acids is 2. The number of rotatable bonds is 5. The van der Waals surface area contributed by atoms with E-state index in [1.54, 1.807) is 5.38 Å². The Hall–Kier alpha value is -2.53. The zero-order valence-corrected chi connectivity index (χ0v) is 14.7. The molecule has 0 fully saturated rings. The molecule has 27 heavy (non-hydrogen) atoms. The molecule has 0 aliphatic carbocycles. The van der Waals surface area contributed by atoms with Crippen LogP contribution in [0.25, 0.3) is 10.6 Å². The Balaban J connectivity index is 1.86. The highest BCUT2D eigenvalue weighted by Crippen LogP contribution is 2.32. The standard InChI is InChI=1S/C16H15F4N3O3S/c1-15(26,16(18,19)20)7-13(25)23-22-12(24)6-11-8-27-14(21-11)9-2-4-10(17)5-3-9/h2-5,8,26H,6-7H2,1H3,(H,22,24)(H,23,25)/t15-/m0/s1. The molecule has 6 nitrogen and oxygen atoms in total. The number of benzene rings is 1. The number of halogens is 4. The third kappa shape index (κ3) is 5.73. The molecule has 0 spiro atoms. The molecule has 3 N–H and O–H groups in total. The summed E-state index contributed by atoms with van der Waals surface area (Å²) in [6, 6.07) is 5.61. The molecule has 1 aromatic carbocycles. The van der Waals surface area contributed by atoms with E-state index >= 15 is 0 Å².